The van der Waals surface area contributed by atoms with Crippen LogP contribution < -0.4 is 11.1 Å². The zero-order valence-electron chi connectivity index (χ0n) is 12.2. The second-order valence-corrected chi connectivity index (χ2v) is 7.37. The monoisotopic (exact) mass is 331 g/mol. The lowest BCUT2D eigenvalue weighted by molar-refractivity contribution is 0.103. The van der Waals surface area contributed by atoms with Crippen molar-refractivity contribution in [1.29, 1.82) is 0 Å². The van der Waals surface area contributed by atoms with Crippen molar-refractivity contribution in [3.05, 3.63) is 52.2 Å². The Morgan fingerprint density at radius 1 is 1.36 bits per heavy atom. The van der Waals surface area contributed by atoms with Gasteiger partial charge in [-0.3, -0.25) is 9.79 Å². The average Bonchev–Trinajstić information content (AvgIpc) is 2.99. The first-order valence-electron chi connectivity index (χ1n) is 7.00. The SMILES string of the molecule is CC1(c2csc(C(=O)Nc3ccccc3)c2)CCSC(N)=N1. The molecule has 0 spiro atoms. The number of thiophene rings is 1. The van der Waals surface area contributed by atoms with Gasteiger partial charge in [0.2, 0.25) is 0 Å². The third-order valence-electron chi connectivity index (χ3n) is 3.67. The van der Waals surface area contributed by atoms with Gasteiger partial charge in [-0.1, -0.05) is 30.0 Å². The summed E-state index contributed by atoms with van der Waals surface area (Å²) in [6, 6.07) is 11.4. The Kier molecular flexibility index (Phi) is 4.22. The Balaban J connectivity index is 1.79. The Hall–Kier alpha value is -1.79. The van der Waals surface area contributed by atoms with E-state index in [0.29, 0.717) is 10.0 Å². The van der Waals surface area contributed by atoms with Crippen LogP contribution in [0.2, 0.25) is 0 Å². The highest BCUT2D eigenvalue weighted by Gasteiger charge is 2.30. The summed E-state index contributed by atoms with van der Waals surface area (Å²) in [6.45, 7) is 2.07. The Morgan fingerprint density at radius 2 is 2.14 bits per heavy atom. The van der Waals surface area contributed by atoms with Gasteiger partial charge < -0.3 is 11.1 Å². The van der Waals surface area contributed by atoms with Crippen LogP contribution in [0.25, 0.3) is 0 Å². The first kappa shape index (κ1) is 15.1. The number of benzene rings is 1. The quantitative estimate of drug-likeness (QED) is 0.902. The van der Waals surface area contributed by atoms with Gasteiger partial charge in [0.05, 0.1) is 10.4 Å². The van der Waals surface area contributed by atoms with E-state index in [1.54, 1.807) is 11.8 Å². The van der Waals surface area contributed by atoms with Crippen LogP contribution in [0.5, 0.6) is 0 Å². The molecule has 0 fully saturated rings. The molecule has 1 aromatic heterocycles. The predicted molar refractivity (Wildman–Crippen MR) is 94.8 cm³/mol. The maximum Gasteiger partial charge on any atom is 0.265 e. The van der Waals surface area contributed by atoms with Crippen LogP contribution in [0.3, 0.4) is 0 Å². The summed E-state index contributed by atoms with van der Waals surface area (Å²) in [5.41, 5.74) is 7.38. The summed E-state index contributed by atoms with van der Waals surface area (Å²) < 4.78 is 0. The Labute approximate surface area is 137 Å². The summed E-state index contributed by atoms with van der Waals surface area (Å²) in [4.78, 5) is 17.6. The number of nitrogens with one attached hydrogen (secondary N) is 1. The van der Waals surface area contributed by atoms with Crippen molar-refractivity contribution >= 4 is 39.9 Å². The van der Waals surface area contributed by atoms with E-state index >= 15 is 0 Å². The van der Waals surface area contributed by atoms with E-state index in [0.717, 1.165) is 23.4 Å². The highest BCUT2D eigenvalue weighted by atomic mass is 32.2. The number of anilines is 1. The molecule has 1 aliphatic rings. The van der Waals surface area contributed by atoms with Crippen LogP contribution in [0.1, 0.15) is 28.6 Å². The number of amidine groups is 1. The molecule has 1 aromatic carbocycles. The molecule has 1 unspecified atom stereocenters. The third kappa shape index (κ3) is 3.18. The van der Waals surface area contributed by atoms with E-state index in [2.05, 4.69) is 17.2 Å². The van der Waals surface area contributed by atoms with Gasteiger partial charge in [-0.05, 0) is 42.5 Å². The molecule has 4 nitrogen and oxygen atoms in total. The maximum absolute atomic E-state index is 12.3. The van der Waals surface area contributed by atoms with Crippen LogP contribution in [-0.4, -0.2) is 16.8 Å². The zero-order valence-corrected chi connectivity index (χ0v) is 13.8. The van der Waals surface area contributed by atoms with Crippen LogP contribution in [0, 0.1) is 0 Å². The number of aliphatic imine (C=N–C) groups is 1. The molecular weight excluding hydrogens is 314 g/mol. The van der Waals surface area contributed by atoms with Crippen molar-refractivity contribution in [2.75, 3.05) is 11.1 Å². The Morgan fingerprint density at radius 3 is 2.86 bits per heavy atom. The molecule has 0 saturated carbocycles. The largest absolute Gasteiger partial charge is 0.379 e. The highest BCUT2D eigenvalue weighted by Crippen LogP contribution is 2.37. The standard InChI is InChI=1S/C16H17N3OS2/c1-16(7-8-21-15(17)19-16)11-9-13(22-10-11)14(20)18-12-5-3-2-4-6-12/h2-6,9-10H,7-8H2,1H3,(H2,17,19)(H,18,20). The van der Waals surface area contributed by atoms with Crippen molar-refractivity contribution in [1.82, 2.24) is 0 Å². The van der Waals surface area contributed by atoms with E-state index in [-0.39, 0.29) is 11.4 Å². The molecule has 3 N–H and O–H groups in total. The molecule has 114 valence electrons. The van der Waals surface area contributed by atoms with Crippen LogP contribution in [0.15, 0.2) is 46.8 Å². The van der Waals surface area contributed by atoms with E-state index < -0.39 is 0 Å². The molecule has 2 heterocycles. The second-order valence-electron chi connectivity index (χ2n) is 5.34. The number of nitrogens with two attached hydrogens (primary N) is 1. The lowest BCUT2D eigenvalue weighted by atomic mass is 9.92. The molecule has 1 atom stereocenters. The molecule has 6 heteroatoms. The number of thioether (sulfide) groups is 1. The zero-order chi connectivity index (χ0) is 15.6. The van der Waals surface area contributed by atoms with Crippen molar-refractivity contribution < 1.29 is 4.79 Å². The number of carbonyl (C=O) groups is 1. The van der Waals surface area contributed by atoms with Gasteiger partial charge in [0.1, 0.15) is 0 Å². The molecule has 1 aliphatic heterocycles. The van der Waals surface area contributed by atoms with Gasteiger partial charge in [-0.2, -0.15) is 0 Å². The fraction of sp³-hybridized carbons (Fsp3) is 0.250. The summed E-state index contributed by atoms with van der Waals surface area (Å²) in [7, 11) is 0. The number of para-hydroxylation sites is 1. The molecule has 1 amide bonds. The summed E-state index contributed by atoms with van der Waals surface area (Å²) in [6.07, 6.45) is 0.925. The summed E-state index contributed by atoms with van der Waals surface area (Å²) in [5.74, 6) is 0.862. The van der Waals surface area contributed by atoms with E-state index in [1.165, 1.54) is 11.3 Å². The lowest BCUT2D eigenvalue weighted by Crippen LogP contribution is -2.28. The van der Waals surface area contributed by atoms with E-state index in [1.807, 2.05) is 41.8 Å². The molecule has 0 bridgehead atoms. The highest BCUT2D eigenvalue weighted by molar-refractivity contribution is 8.13. The topological polar surface area (TPSA) is 67.5 Å². The molecule has 0 saturated heterocycles. The average molecular weight is 331 g/mol. The van der Waals surface area contributed by atoms with E-state index in [9.17, 15) is 4.79 Å². The van der Waals surface area contributed by atoms with Gasteiger partial charge in [-0.15, -0.1) is 11.3 Å². The number of rotatable bonds is 3. The molecule has 2 aromatic rings. The summed E-state index contributed by atoms with van der Waals surface area (Å²) >= 11 is 3.02. The molecule has 0 aliphatic carbocycles. The molecule has 22 heavy (non-hydrogen) atoms. The van der Waals surface area contributed by atoms with Crippen molar-refractivity contribution in [2.45, 2.75) is 18.9 Å². The minimum atomic E-state index is -0.322. The van der Waals surface area contributed by atoms with Crippen LogP contribution in [0.4, 0.5) is 5.69 Å². The Bertz CT molecular complexity index is 711. The van der Waals surface area contributed by atoms with E-state index in [4.69, 9.17) is 5.73 Å². The number of amides is 1. The number of hydrogen-bond acceptors (Lipinski definition) is 5. The first-order valence-corrected chi connectivity index (χ1v) is 8.87. The number of hydrogen-bond donors (Lipinski definition) is 2. The van der Waals surface area contributed by atoms with Gasteiger partial charge in [0.25, 0.3) is 5.91 Å². The fourth-order valence-corrected chi connectivity index (χ4v) is 4.25. The van der Waals surface area contributed by atoms with Crippen molar-refractivity contribution in [3.63, 3.8) is 0 Å². The number of nitrogens with zero attached hydrogens (tertiary/aromatic N) is 1. The normalized spacial score (nSPS) is 21.2. The minimum absolute atomic E-state index is 0.0896. The van der Waals surface area contributed by atoms with Gasteiger partial charge >= 0.3 is 0 Å². The molecular formula is C16H17N3OS2. The fourth-order valence-electron chi connectivity index (χ4n) is 2.35. The van der Waals surface area contributed by atoms with Crippen molar-refractivity contribution in [2.24, 2.45) is 10.7 Å². The second kappa shape index (κ2) is 6.14. The molecule has 0 radical (unpaired) electrons. The van der Waals surface area contributed by atoms with Gasteiger partial charge in [0.15, 0.2) is 5.17 Å². The van der Waals surface area contributed by atoms with Crippen LogP contribution in [-0.2, 0) is 5.54 Å². The first-order chi connectivity index (χ1) is 10.6. The van der Waals surface area contributed by atoms with Gasteiger partial charge in [-0.25, -0.2) is 0 Å². The van der Waals surface area contributed by atoms with Gasteiger partial charge in [0, 0.05) is 11.4 Å². The minimum Gasteiger partial charge on any atom is -0.379 e. The maximum atomic E-state index is 12.3. The number of carbonyl (C=O) groups excluding carboxylic acids is 1. The lowest BCUT2D eigenvalue weighted by Gasteiger charge is -2.28. The smallest absolute Gasteiger partial charge is 0.265 e. The van der Waals surface area contributed by atoms with Crippen molar-refractivity contribution in [3.8, 4) is 0 Å². The predicted octanol–water partition coefficient (Wildman–Crippen LogP) is 3.67. The molecule has 3 rings (SSSR count). The summed E-state index contributed by atoms with van der Waals surface area (Å²) in [5, 5.41) is 5.53. The third-order valence-corrected chi connectivity index (χ3v) is 5.40. The van der Waals surface area contributed by atoms with Crippen LogP contribution >= 0.6 is 23.1 Å².